The van der Waals surface area contributed by atoms with Gasteiger partial charge < -0.3 is 15.0 Å². The summed E-state index contributed by atoms with van der Waals surface area (Å²) >= 11 is 0. The molecule has 1 aromatic rings. The zero-order valence-corrected chi connectivity index (χ0v) is 12.2. The van der Waals surface area contributed by atoms with Crippen molar-refractivity contribution in [3.8, 4) is 5.75 Å². The van der Waals surface area contributed by atoms with Crippen LogP contribution >= 0.6 is 0 Å². The third-order valence-corrected chi connectivity index (χ3v) is 4.55. The van der Waals surface area contributed by atoms with Crippen LogP contribution in [-0.2, 0) is 0 Å². The minimum Gasteiger partial charge on any atom is -0.487 e. The maximum Gasteiger partial charge on any atom is 0.124 e. The van der Waals surface area contributed by atoms with Crippen LogP contribution in [0, 0.1) is 6.92 Å². The van der Waals surface area contributed by atoms with Gasteiger partial charge in [-0.15, -0.1) is 0 Å². The molecule has 0 saturated carbocycles. The highest BCUT2D eigenvalue weighted by atomic mass is 16.5. The summed E-state index contributed by atoms with van der Waals surface area (Å²) in [6.45, 7) is 4.30. The number of rotatable bonds is 1. The first-order chi connectivity index (χ1) is 9.10. The Kier molecular flexibility index (Phi) is 3.27. The fourth-order valence-corrected chi connectivity index (χ4v) is 3.41. The van der Waals surface area contributed by atoms with Gasteiger partial charge in [0.05, 0.1) is 0 Å². The molecule has 1 unspecified atom stereocenters. The van der Waals surface area contributed by atoms with E-state index in [0.717, 1.165) is 38.1 Å². The largest absolute Gasteiger partial charge is 0.487 e. The second-order valence-electron chi connectivity index (χ2n) is 6.26. The van der Waals surface area contributed by atoms with Crippen LogP contribution in [0.3, 0.4) is 0 Å². The molecule has 19 heavy (non-hydrogen) atoms. The molecule has 0 amide bonds. The highest BCUT2D eigenvalue weighted by molar-refractivity contribution is 5.41. The van der Waals surface area contributed by atoms with Crippen LogP contribution in [-0.4, -0.2) is 37.7 Å². The Morgan fingerprint density at radius 1 is 1.26 bits per heavy atom. The quantitative estimate of drug-likeness (QED) is 0.839. The molecule has 1 atom stereocenters. The molecule has 1 aromatic carbocycles. The number of hydrogen-bond acceptors (Lipinski definition) is 3. The average molecular weight is 260 g/mol. The van der Waals surface area contributed by atoms with Gasteiger partial charge in [-0.2, -0.15) is 0 Å². The van der Waals surface area contributed by atoms with Crippen molar-refractivity contribution in [2.24, 2.45) is 0 Å². The van der Waals surface area contributed by atoms with Gasteiger partial charge >= 0.3 is 0 Å². The Morgan fingerprint density at radius 2 is 2.00 bits per heavy atom. The number of ether oxygens (including phenoxy) is 1. The van der Waals surface area contributed by atoms with E-state index in [-0.39, 0.29) is 5.60 Å². The predicted octanol–water partition coefficient (Wildman–Crippen LogP) is 2.50. The molecule has 2 aliphatic rings. The predicted molar refractivity (Wildman–Crippen MR) is 77.7 cm³/mol. The van der Waals surface area contributed by atoms with Gasteiger partial charge in [-0.25, -0.2) is 0 Å². The van der Waals surface area contributed by atoms with Crippen LogP contribution in [0.25, 0.3) is 0 Å². The zero-order chi connectivity index (χ0) is 13.5. The van der Waals surface area contributed by atoms with Crippen LogP contribution in [0.15, 0.2) is 18.2 Å². The van der Waals surface area contributed by atoms with Crippen LogP contribution in [0.5, 0.6) is 5.75 Å². The second-order valence-corrected chi connectivity index (χ2v) is 6.26. The molecular weight excluding hydrogens is 236 g/mol. The van der Waals surface area contributed by atoms with Crippen molar-refractivity contribution in [1.29, 1.82) is 0 Å². The summed E-state index contributed by atoms with van der Waals surface area (Å²) in [7, 11) is 4.35. The van der Waals surface area contributed by atoms with E-state index >= 15 is 0 Å². The molecular formula is C16H24N2O. The normalized spacial score (nSPS) is 25.2. The van der Waals surface area contributed by atoms with Gasteiger partial charge in [0.2, 0.25) is 0 Å². The first-order valence-electron chi connectivity index (χ1n) is 7.26. The molecule has 2 aliphatic heterocycles. The van der Waals surface area contributed by atoms with Crippen molar-refractivity contribution in [2.75, 3.05) is 27.2 Å². The van der Waals surface area contributed by atoms with Crippen molar-refractivity contribution in [1.82, 2.24) is 10.2 Å². The molecule has 0 aliphatic carbocycles. The van der Waals surface area contributed by atoms with E-state index in [0.29, 0.717) is 6.04 Å². The van der Waals surface area contributed by atoms with E-state index in [1.807, 2.05) is 0 Å². The van der Waals surface area contributed by atoms with Gasteiger partial charge in [0.25, 0.3) is 0 Å². The van der Waals surface area contributed by atoms with Crippen LogP contribution in [0.4, 0.5) is 0 Å². The lowest BCUT2D eigenvalue weighted by Crippen LogP contribution is -2.50. The Labute approximate surface area is 115 Å². The molecule has 0 radical (unpaired) electrons. The second kappa shape index (κ2) is 4.80. The van der Waals surface area contributed by atoms with Crippen LogP contribution in [0.2, 0.25) is 0 Å². The first kappa shape index (κ1) is 12.9. The van der Waals surface area contributed by atoms with Crippen LogP contribution in [0.1, 0.15) is 36.4 Å². The van der Waals surface area contributed by atoms with Gasteiger partial charge in [-0.3, -0.25) is 0 Å². The maximum absolute atomic E-state index is 6.43. The standard InChI is InChI=1S/C16H24N2O/c1-12-4-5-15-13(10-12)14(18(2)3)11-16(19-15)6-8-17-9-7-16/h4-5,10,14,17H,6-9,11H2,1-3H3. The molecule has 0 bridgehead atoms. The summed E-state index contributed by atoms with van der Waals surface area (Å²) < 4.78 is 6.43. The molecule has 0 aromatic heterocycles. The molecule has 3 nitrogen and oxygen atoms in total. The topological polar surface area (TPSA) is 24.5 Å². The molecule has 104 valence electrons. The molecule has 1 saturated heterocycles. The smallest absolute Gasteiger partial charge is 0.124 e. The van der Waals surface area contributed by atoms with E-state index in [4.69, 9.17) is 4.74 Å². The number of benzene rings is 1. The number of hydrogen-bond donors (Lipinski definition) is 1. The molecule has 1 fully saturated rings. The maximum atomic E-state index is 6.43. The molecule has 1 spiro atoms. The Morgan fingerprint density at radius 3 is 2.68 bits per heavy atom. The summed E-state index contributed by atoms with van der Waals surface area (Å²) in [5.74, 6) is 1.09. The number of fused-ring (bicyclic) bond motifs is 1. The fraction of sp³-hybridized carbons (Fsp3) is 0.625. The van der Waals surface area contributed by atoms with Crippen molar-refractivity contribution in [3.63, 3.8) is 0 Å². The molecule has 3 rings (SSSR count). The minimum atomic E-state index is 0.0441. The highest BCUT2D eigenvalue weighted by Crippen LogP contribution is 2.45. The van der Waals surface area contributed by atoms with E-state index in [9.17, 15) is 0 Å². The van der Waals surface area contributed by atoms with Gasteiger partial charge in [-0.1, -0.05) is 17.7 Å². The number of nitrogens with one attached hydrogen (secondary N) is 1. The number of nitrogens with zero attached hydrogens (tertiary/aromatic N) is 1. The fourth-order valence-electron chi connectivity index (χ4n) is 3.41. The molecule has 1 N–H and O–H groups in total. The lowest BCUT2D eigenvalue weighted by atomic mass is 9.80. The Balaban J connectivity index is 1.99. The van der Waals surface area contributed by atoms with E-state index in [1.54, 1.807) is 0 Å². The van der Waals surface area contributed by atoms with Gasteiger partial charge in [0.15, 0.2) is 0 Å². The summed E-state index contributed by atoms with van der Waals surface area (Å²) in [5.41, 5.74) is 2.72. The van der Waals surface area contributed by atoms with Crippen LogP contribution < -0.4 is 10.1 Å². The lowest BCUT2D eigenvalue weighted by molar-refractivity contribution is -0.0118. The molecule has 3 heteroatoms. The average Bonchev–Trinajstić information content (AvgIpc) is 2.39. The Bertz CT molecular complexity index is 464. The third kappa shape index (κ3) is 2.37. The third-order valence-electron chi connectivity index (χ3n) is 4.55. The summed E-state index contributed by atoms with van der Waals surface area (Å²) in [4.78, 5) is 2.34. The molecule has 2 heterocycles. The van der Waals surface area contributed by atoms with Gasteiger partial charge in [0.1, 0.15) is 11.4 Å². The van der Waals surface area contributed by atoms with Crippen molar-refractivity contribution in [3.05, 3.63) is 29.3 Å². The highest BCUT2D eigenvalue weighted by Gasteiger charge is 2.42. The van der Waals surface area contributed by atoms with Crippen molar-refractivity contribution >= 4 is 0 Å². The van der Waals surface area contributed by atoms with Gasteiger partial charge in [-0.05, 0) is 53.0 Å². The van der Waals surface area contributed by atoms with Gasteiger partial charge in [0, 0.05) is 18.0 Å². The zero-order valence-electron chi connectivity index (χ0n) is 12.2. The monoisotopic (exact) mass is 260 g/mol. The number of aryl methyl sites for hydroxylation is 1. The lowest BCUT2D eigenvalue weighted by Gasteiger charge is -2.46. The first-order valence-corrected chi connectivity index (χ1v) is 7.26. The van der Waals surface area contributed by atoms with E-state index in [2.05, 4.69) is 49.4 Å². The van der Waals surface area contributed by atoms with Crippen molar-refractivity contribution in [2.45, 2.75) is 37.8 Å². The summed E-state index contributed by atoms with van der Waals surface area (Å²) in [5, 5.41) is 3.44. The minimum absolute atomic E-state index is 0.0441. The summed E-state index contributed by atoms with van der Waals surface area (Å²) in [6, 6.07) is 7.07. The SMILES string of the molecule is Cc1ccc2c(c1)C(N(C)C)CC1(CCNCC1)O2. The van der Waals surface area contributed by atoms with Crippen molar-refractivity contribution < 1.29 is 4.74 Å². The van der Waals surface area contributed by atoms with E-state index < -0.39 is 0 Å². The summed E-state index contributed by atoms with van der Waals surface area (Å²) in [6.07, 6.45) is 3.34. The Hall–Kier alpha value is -1.06. The van der Waals surface area contributed by atoms with E-state index in [1.165, 1.54) is 11.1 Å². The number of piperidine rings is 1.